The Labute approximate surface area is 143 Å². The number of anilines is 1. The van der Waals surface area contributed by atoms with Crippen molar-refractivity contribution < 1.29 is 14.3 Å². The summed E-state index contributed by atoms with van der Waals surface area (Å²) in [6, 6.07) is 7.32. The summed E-state index contributed by atoms with van der Waals surface area (Å²) in [5, 5.41) is 5.76. The van der Waals surface area contributed by atoms with Gasteiger partial charge in [0.05, 0.1) is 19.2 Å². The van der Waals surface area contributed by atoms with Gasteiger partial charge in [0.1, 0.15) is 11.4 Å². The fraction of sp³-hybridized carbons (Fsp3) is 0.529. The fourth-order valence-corrected chi connectivity index (χ4v) is 1.76. The molecule has 134 valence electrons. The lowest BCUT2D eigenvalue weighted by molar-refractivity contribution is 0.0476. The van der Waals surface area contributed by atoms with Gasteiger partial charge >= 0.3 is 6.09 Å². The molecule has 1 aromatic carbocycles. The third-order valence-corrected chi connectivity index (χ3v) is 2.85. The summed E-state index contributed by atoms with van der Waals surface area (Å²) in [5.74, 6) is 1.03. The first kappa shape index (κ1) is 19.6. The van der Waals surface area contributed by atoms with E-state index in [1.807, 2.05) is 58.9 Å². The summed E-state index contributed by atoms with van der Waals surface area (Å²) in [6.07, 6.45) is -0.482. The zero-order valence-corrected chi connectivity index (χ0v) is 15.3. The highest BCUT2D eigenvalue weighted by molar-refractivity contribution is 5.92. The van der Waals surface area contributed by atoms with Gasteiger partial charge in [-0.25, -0.2) is 4.79 Å². The van der Waals surface area contributed by atoms with Crippen LogP contribution in [0, 0.1) is 0 Å². The van der Waals surface area contributed by atoms with Crippen LogP contribution in [0.2, 0.25) is 0 Å². The lowest BCUT2D eigenvalue weighted by Crippen LogP contribution is -2.48. The molecule has 1 aromatic rings. The summed E-state index contributed by atoms with van der Waals surface area (Å²) in [6.45, 7) is 9.45. The molecule has 0 fully saturated rings. The molecule has 0 saturated heterocycles. The Morgan fingerprint density at radius 2 is 1.75 bits per heavy atom. The van der Waals surface area contributed by atoms with Gasteiger partial charge in [-0.2, -0.15) is 0 Å². The molecule has 0 aliphatic heterocycles. The lowest BCUT2D eigenvalue weighted by Gasteiger charge is -2.27. The Kier molecular flexibility index (Phi) is 6.45. The molecule has 0 saturated carbocycles. The predicted octanol–water partition coefficient (Wildman–Crippen LogP) is 2.73. The Bertz CT molecular complexity index is 574. The van der Waals surface area contributed by atoms with Gasteiger partial charge in [-0.1, -0.05) is 0 Å². The molecule has 0 bridgehead atoms. The summed E-state index contributed by atoms with van der Waals surface area (Å²) in [5.41, 5.74) is 5.55. The summed E-state index contributed by atoms with van der Waals surface area (Å²) < 4.78 is 10.3. The van der Waals surface area contributed by atoms with Crippen LogP contribution >= 0.6 is 0 Å². The van der Waals surface area contributed by atoms with Crippen LogP contribution in [0.1, 0.15) is 34.6 Å². The van der Waals surface area contributed by atoms with Crippen molar-refractivity contribution in [3.8, 4) is 5.75 Å². The van der Waals surface area contributed by atoms with Crippen molar-refractivity contribution in [3.63, 3.8) is 0 Å². The molecule has 0 aliphatic carbocycles. The van der Waals surface area contributed by atoms with Gasteiger partial charge in [0.2, 0.25) is 0 Å². The highest BCUT2D eigenvalue weighted by atomic mass is 16.6. The number of alkyl carbamates (subject to hydrolysis) is 1. The zero-order chi connectivity index (χ0) is 18.4. The molecule has 24 heavy (non-hydrogen) atoms. The molecule has 0 aromatic heterocycles. The lowest BCUT2D eigenvalue weighted by atomic mass is 10.1. The number of rotatable bonds is 5. The van der Waals surface area contributed by atoms with Crippen molar-refractivity contribution in [1.82, 2.24) is 5.32 Å². The van der Waals surface area contributed by atoms with Crippen LogP contribution in [0.25, 0.3) is 0 Å². The van der Waals surface area contributed by atoms with Crippen LogP contribution in [0.3, 0.4) is 0 Å². The van der Waals surface area contributed by atoms with Crippen LogP contribution < -0.4 is 21.1 Å². The number of hydrogen-bond acceptors (Lipinski definition) is 4. The molecule has 0 radical (unpaired) electrons. The predicted molar refractivity (Wildman–Crippen MR) is 96.6 cm³/mol. The van der Waals surface area contributed by atoms with Crippen molar-refractivity contribution in [3.05, 3.63) is 24.3 Å². The van der Waals surface area contributed by atoms with Crippen LogP contribution in [0.15, 0.2) is 29.3 Å². The van der Waals surface area contributed by atoms with E-state index >= 15 is 0 Å². The third-order valence-electron chi connectivity index (χ3n) is 2.85. The van der Waals surface area contributed by atoms with E-state index in [-0.39, 0.29) is 5.96 Å². The number of amides is 1. The molecule has 1 amide bonds. The number of nitrogens with one attached hydrogen (secondary N) is 2. The SMILES string of the molecule is COc1ccc(NC(N)=NCC(C)(C)NC(=O)OC(C)(C)C)cc1. The van der Waals surface area contributed by atoms with E-state index in [2.05, 4.69) is 15.6 Å². The van der Waals surface area contributed by atoms with Crippen LogP contribution in [-0.4, -0.2) is 36.8 Å². The first-order chi connectivity index (χ1) is 11.0. The van der Waals surface area contributed by atoms with E-state index in [0.29, 0.717) is 6.54 Å². The van der Waals surface area contributed by atoms with Gasteiger partial charge in [0.25, 0.3) is 0 Å². The summed E-state index contributed by atoms with van der Waals surface area (Å²) in [7, 11) is 1.61. The summed E-state index contributed by atoms with van der Waals surface area (Å²) in [4.78, 5) is 16.1. The van der Waals surface area contributed by atoms with Crippen molar-refractivity contribution in [2.75, 3.05) is 19.0 Å². The van der Waals surface area contributed by atoms with E-state index in [1.165, 1.54) is 0 Å². The largest absolute Gasteiger partial charge is 0.497 e. The van der Waals surface area contributed by atoms with Crippen molar-refractivity contribution in [2.45, 2.75) is 45.8 Å². The maximum Gasteiger partial charge on any atom is 0.408 e. The number of carbonyl (C=O) groups is 1. The Morgan fingerprint density at radius 1 is 1.17 bits per heavy atom. The Balaban J connectivity index is 2.56. The minimum Gasteiger partial charge on any atom is -0.497 e. The van der Waals surface area contributed by atoms with Crippen LogP contribution in [-0.2, 0) is 4.74 Å². The van der Waals surface area contributed by atoms with E-state index in [4.69, 9.17) is 15.2 Å². The quantitative estimate of drug-likeness (QED) is 0.567. The first-order valence-corrected chi connectivity index (χ1v) is 7.73. The van der Waals surface area contributed by atoms with E-state index in [9.17, 15) is 4.79 Å². The maximum atomic E-state index is 11.8. The zero-order valence-electron chi connectivity index (χ0n) is 15.3. The van der Waals surface area contributed by atoms with Crippen LogP contribution in [0.5, 0.6) is 5.75 Å². The molecular formula is C17H28N4O3. The van der Waals surface area contributed by atoms with Gasteiger partial charge in [0.15, 0.2) is 5.96 Å². The smallest absolute Gasteiger partial charge is 0.408 e. The van der Waals surface area contributed by atoms with E-state index in [0.717, 1.165) is 11.4 Å². The Hall–Kier alpha value is -2.44. The molecular weight excluding hydrogens is 308 g/mol. The second kappa shape index (κ2) is 7.90. The molecule has 0 aliphatic rings. The fourth-order valence-electron chi connectivity index (χ4n) is 1.76. The molecule has 0 atom stereocenters. The number of hydrogen-bond donors (Lipinski definition) is 3. The second-order valence-corrected chi connectivity index (χ2v) is 7.07. The number of aliphatic imine (C=N–C) groups is 1. The van der Waals surface area contributed by atoms with Crippen molar-refractivity contribution >= 4 is 17.7 Å². The van der Waals surface area contributed by atoms with Gasteiger partial charge in [-0.15, -0.1) is 0 Å². The average molecular weight is 336 g/mol. The Morgan fingerprint density at radius 3 is 2.25 bits per heavy atom. The number of guanidine groups is 1. The molecule has 4 N–H and O–H groups in total. The highest BCUT2D eigenvalue weighted by Crippen LogP contribution is 2.15. The van der Waals surface area contributed by atoms with E-state index in [1.54, 1.807) is 7.11 Å². The summed E-state index contributed by atoms with van der Waals surface area (Å²) >= 11 is 0. The number of nitrogens with zero attached hydrogens (tertiary/aromatic N) is 1. The molecule has 1 rings (SSSR count). The highest BCUT2D eigenvalue weighted by Gasteiger charge is 2.24. The number of benzene rings is 1. The second-order valence-electron chi connectivity index (χ2n) is 7.07. The third kappa shape index (κ3) is 7.71. The van der Waals surface area contributed by atoms with E-state index < -0.39 is 17.2 Å². The number of nitrogens with two attached hydrogens (primary N) is 1. The maximum absolute atomic E-state index is 11.8. The first-order valence-electron chi connectivity index (χ1n) is 7.73. The topological polar surface area (TPSA) is 98.0 Å². The molecule has 7 heteroatoms. The minimum absolute atomic E-state index is 0.263. The molecule has 0 spiro atoms. The minimum atomic E-state index is -0.589. The molecule has 0 heterocycles. The number of carbonyl (C=O) groups excluding carboxylic acids is 1. The molecule has 7 nitrogen and oxygen atoms in total. The number of methoxy groups -OCH3 is 1. The van der Waals surface area contributed by atoms with Gasteiger partial charge < -0.3 is 25.8 Å². The monoisotopic (exact) mass is 336 g/mol. The van der Waals surface area contributed by atoms with Gasteiger partial charge in [0, 0.05) is 5.69 Å². The van der Waals surface area contributed by atoms with Gasteiger partial charge in [-0.05, 0) is 58.9 Å². The average Bonchev–Trinajstić information content (AvgIpc) is 2.43. The molecule has 0 unspecified atom stereocenters. The van der Waals surface area contributed by atoms with Crippen LogP contribution in [0.4, 0.5) is 10.5 Å². The van der Waals surface area contributed by atoms with Crippen molar-refractivity contribution in [1.29, 1.82) is 0 Å². The van der Waals surface area contributed by atoms with Gasteiger partial charge in [-0.3, -0.25) is 4.99 Å². The normalized spacial score (nSPS) is 12.5. The van der Waals surface area contributed by atoms with Crippen molar-refractivity contribution in [2.24, 2.45) is 10.7 Å². The number of ether oxygens (including phenoxy) is 2. The standard InChI is InChI=1S/C17H28N4O3/c1-16(2,3)24-15(22)21-17(4,5)11-19-14(18)20-12-7-9-13(23-6)10-8-12/h7-10H,11H2,1-6H3,(H,21,22)(H3,18,19,20).